The molecule has 1 aliphatic heterocycles. The Bertz CT molecular complexity index is 995. The number of fused-ring (bicyclic) bond motifs is 4. The van der Waals surface area contributed by atoms with Crippen molar-refractivity contribution < 1.29 is 19.1 Å². The molecule has 1 aliphatic rings. The molecule has 34 heavy (non-hydrogen) atoms. The van der Waals surface area contributed by atoms with Gasteiger partial charge in [-0.2, -0.15) is 11.8 Å². The van der Waals surface area contributed by atoms with Gasteiger partial charge in [0, 0.05) is 5.56 Å². The van der Waals surface area contributed by atoms with E-state index in [0.717, 1.165) is 0 Å². The van der Waals surface area contributed by atoms with Gasteiger partial charge < -0.3 is 20.7 Å². The minimum Gasteiger partial charge on any atom is -0.492 e. The van der Waals surface area contributed by atoms with E-state index in [1.54, 1.807) is 46.9 Å². The number of amides is 3. The van der Waals surface area contributed by atoms with Crippen molar-refractivity contribution in [2.24, 2.45) is 5.92 Å². The SMILES string of the molecule is CSCC[C@H]1NC(=O)c2cccc(c2)OCCn2cc(nn2)CNC(=O)[C@@H](CC(C)C)NC1=O. The summed E-state index contributed by atoms with van der Waals surface area (Å²) in [6.45, 7) is 4.95. The Hall–Kier alpha value is -3.08. The molecule has 2 heterocycles. The normalized spacial score (nSPS) is 19.9. The van der Waals surface area contributed by atoms with Gasteiger partial charge >= 0.3 is 0 Å². The summed E-state index contributed by atoms with van der Waals surface area (Å²) in [4.78, 5) is 39.0. The zero-order chi connectivity index (χ0) is 24.5. The molecule has 11 heteroatoms. The first-order chi connectivity index (χ1) is 16.4. The Kier molecular flexibility index (Phi) is 9.32. The molecule has 0 aliphatic carbocycles. The first-order valence-corrected chi connectivity index (χ1v) is 12.7. The van der Waals surface area contributed by atoms with E-state index < -0.39 is 12.1 Å². The summed E-state index contributed by atoms with van der Waals surface area (Å²) >= 11 is 1.58. The van der Waals surface area contributed by atoms with E-state index >= 15 is 0 Å². The first kappa shape index (κ1) is 25.5. The number of thioether (sulfide) groups is 1. The number of hydrogen-bond donors (Lipinski definition) is 3. The summed E-state index contributed by atoms with van der Waals surface area (Å²) in [5.41, 5.74) is 0.997. The van der Waals surface area contributed by atoms with Gasteiger partial charge in [0.1, 0.15) is 30.1 Å². The Balaban J connectivity index is 1.87. The Morgan fingerprint density at radius 3 is 2.76 bits per heavy atom. The van der Waals surface area contributed by atoms with Crippen molar-refractivity contribution in [1.29, 1.82) is 0 Å². The van der Waals surface area contributed by atoms with E-state index in [2.05, 4.69) is 26.3 Å². The highest BCUT2D eigenvalue weighted by Gasteiger charge is 2.27. The third-order valence-corrected chi connectivity index (χ3v) is 5.93. The molecule has 10 nitrogen and oxygen atoms in total. The van der Waals surface area contributed by atoms with E-state index in [-0.39, 0.29) is 30.2 Å². The van der Waals surface area contributed by atoms with Crippen LogP contribution in [0.1, 0.15) is 42.7 Å². The number of carbonyl (C=O) groups excluding carboxylic acids is 3. The van der Waals surface area contributed by atoms with Crippen LogP contribution in [-0.2, 0) is 22.7 Å². The quantitative estimate of drug-likeness (QED) is 0.580. The number of carbonyl (C=O) groups is 3. The Morgan fingerprint density at radius 1 is 1.18 bits per heavy atom. The van der Waals surface area contributed by atoms with Gasteiger partial charge in [0.05, 0.1) is 19.3 Å². The van der Waals surface area contributed by atoms with Crippen LogP contribution in [-0.4, -0.2) is 63.4 Å². The fourth-order valence-corrected chi connectivity index (χ4v) is 4.01. The van der Waals surface area contributed by atoms with Crippen molar-refractivity contribution in [2.45, 2.75) is 51.9 Å². The largest absolute Gasteiger partial charge is 0.492 e. The second-order valence-corrected chi connectivity index (χ2v) is 9.55. The highest BCUT2D eigenvalue weighted by Crippen LogP contribution is 2.15. The summed E-state index contributed by atoms with van der Waals surface area (Å²) < 4.78 is 7.40. The molecule has 4 bridgehead atoms. The lowest BCUT2D eigenvalue weighted by Gasteiger charge is -2.24. The van der Waals surface area contributed by atoms with Crippen LogP contribution in [0.3, 0.4) is 0 Å². The van der Waals surface area contributed by atoms with Crippen molar-refractivity contribution in [1.82, 2.24) is 30.9 Å². The van der Waals surface area contributed by atoms with Gasteiger partial charge in [-0.25, -0.2) is 4.68 Å². The molecule has 1 aromatic carbocycles. The van der Waals surface area contributed by atoms with Crippen LogP contribution in [0.2, 0.25) is 0 Å². The first-order valence-electron chi connectivity index (χ1n) is 11.4. The fourth-order valence-electron chi connectivity index (χ4n) is 3.54. The topological polar surface area (TPSA) is 127 Å². The van der Waals surface area contributed by atoms with Gasteiger partial charge in [0.15, 0.2) is 0 Å². The fraction of sp³-hybridized carbons (Fsp3) is 0.522. The van der Waals surface area contributed by atoms with Crippen LogP contribution in [0.25, 0.3) is 0 Å². The monoisotopic (exact) mass is 488 g/mol. The second-order valence-electron chi connectivity index (χ2n) is 8.57. The van der Waals surface area contributed by atoms with Crippen LogP contribution in [0.4, 0.5) is 0 Å². The Morgan fingerprint density at radius 2 is 2.00 bits per heavy atom. The average Bonchev–Trinajstić information content (AvgIpc) is 3.26. The van der Waals surface area contributed by atoms with Gasteiger partial charge in [-0.3, -0.25) is 14.4 Å². The molecule has 0 unspecified atom stereocenters. The highest BCUT2D eigenvalue weighted by molar-refractivity contribution is 7.98. The van der Waals surface area contributed by atoms with E-state index in [0.29, 0.717) is 48.8 Å². The van der Waals surface area contributed by atoms with E-state index in [1.165, 1.54) is 0 Å². The molecule has 3 rings (SSSR count). The zero-order valence-electron chi connectivity index (χ0n) is 19.7. The molecule has 0 radical (unpaired) electrons. The minimum absolute atomic E-state index is 0.178. The minimum atomic E-state index is -0.772. The van der Waals surface area contributed by atoms with Crippen LogP contribution in [0, 0.1) is 5.92 Å². The van der Waals surface area contributed by atoms with E-state index in [4.69, 9.17) is 4.74 Å². The summed E-state index contributed by atoms with van der Waals surface area (Å²) in [6.07, 6.45) is 4.58. The number of benzene rings is 1. The van der Waals surface area contributed by atoms with Crippen LogP contribution in [0.15, 0.2) is 30.5 Å². The zero-order valence-corrected chi connectivity index (χ0v) is 20.6. The lowest BCUT2D eigenvalue weighted by molar-refractivity contribution is -0.130. The highest BCUT2D eigenvalue weighted by atomic mass is 32.2. The number of hydrogen-bond acceptors (Lipinski definition) is 7. The van der Waals surface area contributed by atoms with Gasteiger partial charge in [0.2, 0.25) is 11.8 Å². The number of rotatable bonds is 5. The van der Waals surface area contributed by atoms with Gasteiger partial charge in [0.25, 0.3) is 5.91 Å². The summed E-state index contributed by atoms with van der Waals surface area (Å²) in [5, 5.41) is 16.7. The molecule has 0 saturated carbocycles. The molecule has 0 saturated heterocycles. The molecule has 2 atom stereocenters. The lowest BCUT2D eigenvalue weighted by atomic mass is 10.0. The van der Waals surface area contributed by atoms with Crippen molar-refractivity contribution >= 4 is 29.5 Å². The van der Waals surface area contributed by atoms with E-state index in [1.807, 2.05) is 20.1 Å². The third kappa shape index (κ3) is 7.47. The van der Waals surface area contributed by atoms with Gasteiger partial charge in [-0.15, -0.1) is 5.10 Å². The van der Waals surface area contributed by atoms with Crippen molar-refractivity contribution in [3.05, 3.63) is 41.7 Å². The van der Waals surface area contributed by atoms with Crippen molar-refractivity contribution in [3.63, 3.8) is 0 Å². The second kappa shape index (κ2) is 12.4. The molecule has 3 amide bonds. The average molecular weight is 489 g/mol. The van der Waals surface area contributed by atoms with Crippen LogP contribution in [0.5, 0.6) is 5.75 Å². The van der Waals surface area contributed by atoms with Gasteiger partial charge in [-0.05, 0) is 49.0 Å². The summed E-state index contributed by atoms with van der Waals surface area (Å²) in [7, 11) is 0. The molecule has 184 valence electrons. The van der Waals surface area contributed by atoms with Crippen molar-refractivity contribution in [2.75, 3.05) is 18.6 Å². The summed E-state index contributed by atoms with van der Waals surface area (Å²) in [6, 6.07) is 5.31. The third-order valence-electron chi connectivity index (χ3n) is 5.29. The number of nitrogens with zero attached hydrogens (tertiary/aromatic N) is 3. The molecule has 3 N–H and O–H groups in total. The number of ether oxygens (including phenoxy) is 1. The Labute approximate surface area is 203 Å². The maximum atomic E-state index is 13.2. The van der Waals surface area contributed by atoms with E-state index in [9.17, 15) is 14.4 Å². The lowest BCUT2D eigenvalue weighted by Crippen LogP contribution is -2.54. The standard InChI is InChI=1S/C23H32N6O4S/c1-15(2)11-20-22(31)24-13-17-14-29(28-27-17)8-9-33-18-6-4-5-16(12-18)21(30)25-19(7-10-34-3)23(32)26-20/h4-6,12,14-15,19-20H,7-11,13H2,1-3H3,(H,24,31)(H,25,30)(H,26,32)/t19-,20-/m1/s1. The molecule has 2 aromatic rings. The number of nitrogens with one attached hydrogen (secondary N) is 3. The maximum Gasteiger partial charge on any atom is 0.252 e. The molecule has 0 spiro atoms. The molecular weight excluding hydrogens is 456 g/mol. The van der Waals surface area contributed by atoms with Gasteiger partial charge in [-0.1, -0.05) is 25.1 Å². The summed E-state index contributed by atoms with van der Waals surface area (Å²) in [5.74, 6) is 0.336. The smallest absolute Gasteiger partial charge is 0.252 e. The molecular formula is C23H32N6O4S. The predicted molar refractivity (Wildman–Crippen MR) is 129 cm³/mol. The number of aromatic nitrogens is 3. The predicted octanol–water partition coefficient (Wildman–Crippen LogP) is 1.37. The van der Waals surface area contributed by atoms with Crippen molar-refractivity contribution in [3.8, 4) is 5.75 Å². The molecule has 0 fully saturated rings. The molecule has 1 aromatic heterocycles. The van der Waals surface area contributed by atoms with Crippen LogP contribution < -0.4 is 20.7 Å². The van der Waals surface area contributed by atoms with Crippen LogP contribution >= 0.6 is 11.8 Å². The maximum absolute atomic E-state index is 13.2.